The van der Waals surface area contributed by atoms with Crippen LogP contribution in [-0.4, -0.2) is 26.5 Å². The number of para-hydroxylation sites is 1. The Morgan fingerprint density at radius 3 is 2.56 bits per heavy atom. The first-order chi connectivity index (χ1) is 8.72. The van der Waals surface area contributed by atoms with Crippen LogP contribution in [0.2, 0.25) is 0 Å². The summed E-state index contributed by atoms with van der Waals surface area (Å²) in [7, 11) is 3.67. The van der Waals surface area contributed by atoms with Gasteiger partial charge in [-0.05, 0) is 26.0 Å². The highest BCUT2D eigenvalue weighted by Gasteiger charge is 2.37. The van der Waals surface area contributed by atoms with Gasteiger partial charge in [-0.2, -0.15) is 0 Å². The summed E-state index contributed by atoms with van der Waals surface area (Å²) >= 11 is 0. The number of Topliss-reactive ketones (excluding diaryl/α,β-unsaturated/α-hetero) is 1. The topological polar surface area (TPSA) is 38.3 Å². The standard InChI is InChI=1S/C15H21NO2/c1-16-11-15(9-7-12(17)8-10-15)13-5-3-4-6-14(13)18-2/h3-6,16H,7-11H2,1-2H3. The van der Waals surface area contributed by atoms with Crippen LogP contribution in [-0.2, 0) is 10.2 Å². The molecule has 1 N–H and O–H groups in total. The summed E-state index contributed by atoms with van der Waals surface area (Å²) in [6.07, 6.45) is 3.18. The maximum absolute atomic E-state index is 11.5. The highest BCUT2D eigenvalue weighted by molar-refractivity contribution is 5.79. The molecule has 1 aromatic rings. The van der Waals surface area contributed by atoms with Crippen molar-refractivity contribution in [1.82, 2.24) is 5.32 Å². The van der Waals surface area contributed by atoms with E-state index in [0.717, 1.165) is 25.1 Å². The molecule has 0 atom stereocenters. The Balaban J connectivity index is 2.37. The van der Waals surface area contributed by atoms with Crippen molar-refractivity contribution in [3.8, 4) is 5.75 Å². The van der Waals surface area contributed by atoms with Crippen molar-refractivity contribution in [3.63, 3.8) is 0 Å². The molecule has 3 heteroatoms. The second-order valence-corrected chi connectivity index (χ2v) is 5.05. The molecule has 1 saturated carbocycles. The van der Waals surface area contributed by atoms with Gasteiger partial charge in [0, 0.05) is 30.4 Å². The average molecular weight is 247 g/mol. The van der Waals surface area contributed by atoms with Crippen LogP contribution in [0.25, 0.3) is 0 Å². The van der Waals surface area contributed by atoms with Gasteiger partial charge in [-0.15, -0.1) is 0 Å². The molecule has 1 aromatic carbocycles. The highest BCUT2D eigenvalue weighted by Crippen LogP contribution is 2.41. The Bertz CT molecular complexity index is 418. The molecule has 18 heavy (non-hydrogen) atoms. The minimum Gasteiger partial charge on any atom is -0.496 e. The van der Waals surface area contributed by atoms with Gasteiger partial charge in [-0.3, -0.25) is 4.79 Å². The predicted octanol–water partition coefficient (Wildman–Crippen LogP) is 2.30. The Labute approximate surface area is 109 Å². The van der Waals surface area contributed by atoms with Crippen molar-refractivity contribution in [2.24, 2.45) is 0 Å². The van der Waals surface area contributed by atoms with Crippen molar-refractivity contribution in [3.05, 3.63) is 29.8 Å². The number of ketones is 1. The summed E-state index contributed by atoms with van der Waals surface area (Å²) in [6.45, 7) is 0.890. The number of rotatable bonds is 4. The quantitative estimate of drug-likeness (QED) is 0.887. The lowest BCUT2D eigenvalue weighted by atomic mass is 9.68. The number of carbonyl (C=O) groups excluding carboxylic acids is 1. The van der Waals surface area contributed by atoms with Crippen LogP contribution >= 0.6 is 0 Å². The van der Waals surface area contributed by atoms with Gasteiger partial charge >= 0.3 is 0 Å². The number of methoxy groups -OCH3 is 1. The molecule has 0 aromatic heterocycles. The minimum absolute atomic E-state index is 0.0370. The van der Waals surface area contributed by atoms with E-state index in [4.69, 9.17) is 4.74 Å². The predicted molar refractivity (Wildman–Crippen MR) is 72.1 cm³/mol. The van der Waals surface area contributed by atoms with Gasteiger partial charge in [0.25, 0.3) is 0 Å². The first-order valence-electron chi connectivity index (χ1n) is 6.52. The van der Waals surface area contributed by atoms with Gasteiger partial charge in [-0.1, -0.05) is 18.2 Å². The molecular formula is C15H21NO2. The van der Waals surface area contributed by atoms with Crippen molar-refractivity contribution < 1.29 is 9.53 Å². The summed E-state index contributed by atoms with van der Waals surface area (Å²) < 4.78 is 5.48. The average Bonchev–Trinajstić information content (AvgIpc) is 2.42. The third-order valence-electron chi connectivity index (χ3n) is 3.96. The summed E-state index contributed by atoms with van der Waals surface area (Å²) in [4.78, 5) is 11.5. The largest absolute Gasteiger partial charge is 0.496 e. The highest BCUT2D eigenvalue weighted by atomic mass is 16.5. The second kappa shape index (κ2) is 5.53. The molecule has 1 aliphatic carbocycles. The Morgan fingerprint density at radius 2 is 1.94 bits per heavy atom. The van der Waals surface area contributed by atoms with Crippen molar-refractivity contribution in [2.45, 2.75) is 31.1 Å². The van der Waals surface area contributed by atoms with Crippen molar-refractivity contribution in [1.29, 1.82) is 0 Å². The monoisotopic (exact) mass is 247 g/mol. The number of benzene rings is 1. The summed E-state index contributed by atoms with van der Waals surface area (Å²) in [6, 6.07) is 8.17. The zero-order valence-corrected chi connectivity index (χ0v) is 11.2. The SMILES string of the molecule is CNCC1(c2ccccc2OC)CCC(=O)CC1. The lowest BCUT2D eigenvalue weighted by molar-refractivity contribution is -0.121. The first-order valence-corrected chi connectivity index (χ1v) is 6.52. The molecule has 0 amide bonds. The van der Waals surface area contributed by atoms with E-state index in [1.165, 1.54) is 5.56 Å². The molecular weight excluding hydrogens is 226 g/mol. The van der Waals surface area contributed by atoms with E-state index in [1.807, 2.05) is 25.2 Å². The fraction of sp³-hybridized carbons (Fsp3) is 0.533. The van der Waals surface area contributed by atoms with Crippen LogP contribution in [0, 0.1) is 0 Å². The normalized spacial score (nSPS) is 18.7. The van der Waals surface area contributed by atoms with Crippen LogP contribution in [0.4, 0.5) is 0 Å². The molecule has 1 aliphatic rings. The molecule has 0 saturated heterocycles. The molecule has 98 valence electrons. The zero-order chi connectivity index (χ0) is 13.0. The third-order valence-corrected chi connectivity index (χ3v) is 3.96. The van der Waals surface area contributed by atoms with Gasteiger partial charge in [0.1, 0.15) is 11.5 Å². The molecule has 1 fully saturated rings. The minimum atomic E-state index is 0.0370. The molecule has 0 heterocycles. The number of nitrogens with one attached hydrogen (secondary N) is 1. The second-order valence-electron chi connectivity index (χ2n) is 5.05. The molecule has 0 bridgehead atoms. The van der Waals surface area contributed by atoms with Crippen LogP contribution in [0.3, 0.4) is 0 Å². The number of likely N-dealkylation sites (N-methyl/N-ethyl adjacent to an activating group) is 1. The Kier molecular flexibility index (Phi) is 4.02. The molecule has 3 nitrogen and oxygen atoms in total. The smallest absolute Gasteiger partial charge is 0.132 e. The van der Waals surface area contributed by atoms with Gasteiger partial charge in [0.2, 0.25) is 0 Å². The fourth-order valence-corrected chi connectivity index (χ4v) is 2.97. The van der Waals surface area contributed by atoms with E-state index in [0.29, 0.717) is 18.6 Å². The van der Waals surface area contributed by atoms with E-state index < -0.39 is 0 Å². The van der Waals surface area contributed by atoms with E-state index in [9.17, 15) is 4.79 Å². The maximum Gasteiger partial charge on any atom is 0.132 e. The van der Waals surface area contributed by atoms with Crippen LogP contribution in [0.1, 0.15) is 31.2 Å². The van der Waals surface area contributed by atoms with Crippen LogP contribution in [0.15, 0.2) is 24.3 Å². The van der Waals surface area contributed by atoms with Gasteiger partial charge in [0.15, 0.2) is 0 Å². The van der Waals surface area contributed by atoms with Crippen LogP contribution in [0.5, 0.6) is 5.75 Å². The van der Waals surface area contributed by atoms with Crippen molar-refractivity contribution in [2.75, 3.05) is 20.7 Å². The summed E-state index contributed by atoms with van der Waals surface area (Å²) in [5.74, 6) is 1.32. The summed E-state index contributed by atoms with van der Waals surface area (Å²) in [5.41, 5.74) is 1.27. The van der Waals surface area contributed by atoms with E-state index in [-0.39, 0.29) is 5.41 Å². The van der Waals surface area contributed by atoms with E-state index in [1.54, 1.807) is 7.11 Å². The van der Waals surface area contributed by atoms with Gasteiger partial charge in [-0.25, -0.2) is 0 Å². The molecule has 2 rings (SSSR count). The fourth-order valence-electron chi connectivity index (χ4n) is 2.97. The zero-order valence-electron chi connectivity index (χ0n) is 11.2. The number of hydrogen-bond donors (Lipinski definition) is 1. The van der Waals surface area contributed by atoms with Gasteiger partial charge < -0.3 is 10.1 Å². The lowest BCUT2D eigenvalue weighted by Crippen LogP contribution is -2.40. The lowest BCUT2D eigenvalue weighted by Gasteiger charge is -2.38. The first kappa shape index (κ1) is 13.1. The molecule has 0 spiro atoms. The number of carbonyl (C=O) groups is 1. The third kappa shape index (κ3) is 2.41. The van der Waals surface area contributed by atoms with E-state index in [2.05, 4.69) is 11.4 Å². The Hall–Kier alpha value is -1.35. The molecule has 0 radical (unpaired) electrons. The Morgan fingerprint density at radius 1 is 1.28 bits per heavy atom. The number of ether oxygens (including phenoxy) is 1. The van der Waals surface area contributed by atoms with E-state index >= 15 is 0 Å². The van der Waals surface area contributed by atoms with Gasteiger partial charge in [0.05, 0.1) is 7.11 Å². The molecule has 0 unspecified atom stereocenters. The van der Waals surface area contributed by atoms with Crippen LogP contribution < -0.4 is 10.1 Å². The molecule has 0 aliphatic heterocycles. The van der Waals surface area contributed by atoms with Crippen molar-refractivity contribution >= 4 is 5.78 Å². The maximum atomic E-state index is 11.5. The summed E-state index contributed by atoms with van der Waals surface area (Å²) in [5, 5.41) is 3.28. The number of hydrogen-bond acceptors (Lipinski definition) is 3.